The van der Waals surface area contributed by atoms with Crippen molar-refractivity contribution in [1.29, 1.82) is 0 Å². The fraction of sp³-hybridized carbons (Fsp3) is 0.154. The summed E-state index contributed by atoms with van der Waals surface area (Å²) in [7, 11) is 1.51. The van der Waals surface area contributed by atoms with Gasteiger partial charge in [0.1, 0.15) is 23.1 Å². The van der Waals surface area contributed by atoms with Gasteiger partial charge >= 0.3 is 0 Å². The van der Waals surface area contributed by atoms with Crippen LogP contribution >= 0.6 is 0 Å². The highest BCUT2D eigenvalue weighted by Gasteiger charge is 2.47. The van der Waals surface area contributed by atoms with Crippen molar-refractivity contribution in [3.63, 3.8) is 0 Å². The number of benzene rings is 3. The molecule has 1 saturated heterocycles. The quantitative estimate of drug-likeness (QED) is 0.332. The Labute approximate surface area is 190 Å². The minimum absolute atomic E-state index is 0.0972. The Morgan fingerprint density at radius 3 is 2.21 bits per heavy atom. The minimum Gasteiger partial charge on any atom is -0.507 e. The number of aliphatic hydroxyl groups is 1. The second-order valence-electron chi connectivity index (χ2n) is 7.35. The predicted octanol–water partition coefficient (Wildman–Crippen LogP) is 4.86. The van der Waals surface area contributed by atoms with E-state index >= 15 is 0 Å². The first-order valence-corrected chi connectivity index (χ1v) is 10.4. The van der Waals surface area contributed by atoms with Gasteiger partial charge in [-0.3, -0.25) is 14.5 Å². The van der Waals surface area contributed by atoms with E-state index in [1.807, 2.05) is 6.92 Å². The highest BCUT2D eigenvalue weighted by atomic mass is 19.1. The molecule has 33 heavy (non-hydrogen) atoms. The van der Waals surface area contributed by atoms with Gasteiger partial charge in [0.05, 0.1) is 25.3 Å². The molecule has 1 amide bonds. The van der Waals surface area contributed by atoms with Gasteiger partial charge in [0.25, 0.3) is 11.7 Å². The van der Waals surface area contributed by atoms with E-state index in [1.54, 1.807) is 54.6 Å². The molecular weight excluding hydrogens is 425 g/mol. The van der Waals surface area contributed by atoms with Crippen molar-refractivity contribution in [2.24, 2.45) is 0 Å². The van der Waals surface area contributed by atoms with Gasteiger partial charge in [-0.2, -0.15) is 0 Å². The van der Waals surface area contributed by atoms with Crippen LogP contribution in [-0.2, 0) is 9.59 Å². The number of methoxy groups -OCH3 is 1. The molecule has 1 N–H and O–H groups in total. The number of rotatable bonds is 6. The molecule has 1 fully saturated rings. The van der Waals surface area contributed by atoms with Gasteiger partial charge in [-0.15, -0.1) is 0 Å². The third kappa shape index (κ3) is 4.05. The molecule has 0 radical (unpaired) electrons. The molecule has 3 aromatic rings. The summed E-state index contributed by atoms with van der Waals surface area (Å²) in [6.45, 7) is 2.33. The van der Waals surface area contributed by atoms with Crippen molar-refractivity contribution >= 4 is 23.1 Å². The van der Waals surface area contributed by atoms with Crippen LogP contribution in [0.15, 0.2) is 78.4 Å². The second-order valence-corrected chi connectivity index (χ2v) is 7.35. The molecule has 4 rings (SSSR count). The van der Waals surface area contributed by atoms with Crippen molar-refractivity contribution < 1.29 is 28.6 Å². The Bertz CT molecular complexity index is 1220. The SMILES string of the molecule is CCOc1ccc(/C(O)=C2\C(=O)C(=O)N(c3ccc(OC)cc3)[C@@H]2c2ccccc2F)cc1. The Balaban J connectivity index is 1.89. The maximum absolute atomic E-state index is 14.9. The van der Waals surface area contributed by atoms with Crippen molar-refractivity contribution in [1.82, 2.24) is 0 Å². The number of nitrogens with zero attached hydrogens (tertiary/aromatic N) is 1. The third-order valence-electron chi connectivity index (χ3n) is 5.43. The average Bonchev–Trinajstić information content (AvgIpc) is 3.10. The molecule has 168 valence electrons. The van der Waals surface area contributed by atoms with Crippen LogP contribution in [-0.4, -0.2) is 30.5 Å². The highest BCUT2D eigenvalue weighted by Crippen LogP contribution is 2.43. The van der Waals surface area contributed by atoms with E-state index in [1.165, 1.54) is 30.2 Å². The molecule has 1 heterocycles. The lowest BCUT2D eigenvalue weighted by Crippen LogP contribution is -2.29. The normalized spacial score (nSPS) is 17.3. The van der Waals surface area contributed by atoms with Crippen LogP contribution in [0.25, 0.3) is 5.76 Å². The maximum atomic E-state index is 14.9. The van der Waals surface area contributed by atoms with E-state index in [4.69, 9.17) is 9.47 Å². The molecule has 1 aliphatic rings. The van der Waals surface area contributed by atoms with Gasteiger partial charge in [0.2, 0.25) is 0 Å². The molecule has 3 aromatic carbocycles. The zero-order valence-corrected chi connectivity index (χ0v) is 18.1. The third-order valence-corrected chi connectivity index (χ3v) is 5.43. The van der Waals surface area contributed by atoms with Gasteiger partial charge in [0, 0.05) is 16.8 Å². The van der Waals surface area contributed by atoms with Crippen LogP contribution < -0.4 is 14.4 Å². The van der Waals surface area contributed by atoms with Crippen molar-refractivity contribution in [2.45, 2.75) is 13.0 Å². The van der Waals surface area contributed by atoms with Crippen LogP contribution in [0.5, 0.6) is 11.5 Å². The molecule has 0 spiro atoms. The Morgan fingerprint density at radius 2 is 1.61 bits per heavy atom. The Morgan fingerprint density at radius 1 is 0.970 bits per heavy atom. The van der Waals surface area contributed by atoms with E-state index < -0.39 is 23.5 Å². The maximum Gasteiger partial charge on any atom is 0.300 e. The number of amides is 1. The summed E-state index contributed by atoms with van der Waals surface area (Å²) >= 11 is 0. The summed E-state index contributed by atoms with van der Waals surface area (Å²) in [5.41, 5.74) is 0.592. The lowest BCUT2D eigenvalue weighted by Gasteiger charge is -2.25. The number of hydrogen-bond acceptors (Lipinski definition) is 5. The van der Waals surface area contributed by atoms with Gasteiger partial charge in [-0.25, -0.2) is 4.39 Å². The molecule has 1 aliphatic heterocycles. The molecule has 0 aliphatic carbocycles. The van der Waals surface area contributed by atoms with Crippen LogP contribution in [0.3, 0.4) is 0 Å². The van der Waals surface area contributed by atoms with Gasteiger partial charge in [-0.1, -0.05) is 18.2 Å². The average molecular weight is 447 g/mol. The zero-order chi connectivity index (χ0) is 23.5. The number of Topliss-reactive ketones (excluding diaryl/α,β-unsaturated/α-hetero) is 1. The van der Waals surface area contributed by atoms with Gasteiger partial charge in [0.15, 0.2) is 0 Å². The fourth-order valence-corrected chi connectivity index (χ4v) is 3.86. The van der Waals surface area contributed by atoms with Crippen molar-refractivity contribution in [2.75, 3.05) is 18.6 Å². The standard InChI is InChI=1S/C26H22FNO5/c1-3-33-19-12-8-16(9-13-19)24(29)22-23(20-6-4-5-7-21(20)27)28(26(31)25(22)30)17-10-14-18(32-2)15-11-17/h4-15,23,29H,3H2,1-2H3/b24-22+/t23-/m1/s1. The molecule has 6 nitrogen and oxygen atoms in total. The van der Waals surface area contributed by atoms with Gasteiger partial charge < -0.3 is 14.6 Å². The first kappa shape index (κ1) is 22.1. The largest absolute Gasteiger partial charge is 0.507 e. The summed E-state index contributed by atoms with van der Waals surface area (Å²) in [6.07, 6.45) is 0. The number of halogens is 1. The van der Waals surface area contributed by atoms with Crippen LogP contribution in [0.2, 0.25) is 0 Å². The smallest absolute Gasteiger partial charge is 0.300 e. The van der Waals surface area contributed by atoms with E-state index in [9.17, 15) is 19.1 Å². The lowest BCUT2D eigenvalue weighted by molar-refractivity contribution is -0.132. The minimum atomic E-state index is -1.15. The van der Waals surface area contributed by atoms with Crippen LogP contribution in [0.1, 0.15) is 24.1 Å². The summed E-state index contributed by atoms with van der Waals surface area (Å²) in [4.78, 5) is 27.4. The number of ether oxygens (including phenoxy) is 2. The number of aliphatic hydroxyl groups excluding tert-OH is 1. The van der Waals surface area contributed by atoms with Crippen molar-refractivity contribution in [3.05, 3.63) is 95.3 Å². The number of hydrogen-bond donors (Lipinski definition) is 1. The topological polar surface area (TPSA) is 76.1 Å². The molecule has 0 saturated carbocycles. The fourth-order valence-electron chi connectivity index (χ4n) is 3.86. The highest BCUT2D eigenvalue weighted by molar-refractivity contribution is 6.51. The molecule has 0 bridgehead atoms. The number of carbonyl (C=O) groups excluding carboxylic acids is 2. The molecular formula is C26H22FNO5. The molecule has 1 atom stereocenters. The number of ketones is 1. The first-order chi connectivity index (χ1) is 16.0. The summed E-state index contributed by atoms with van der Waals surface area (Å²) in [5.74, 6) is -1.59. The predicted molar refractivity (Wildman–Crippen MR) is 122 cm³/mol. The van der Waals surface area contributed by atoms with Crippen LogP contribution in [0, 0.1) is 5.82 Å². The monoisotopic (exact) mass is 447 g/mol. The molecule has 7 heteroatoms. The Kier molecular flexibility index (Phi) is 6.13. The molecule has 0 aromatic heterocycles. The lowest BCUT2D eigenvalue weighted by atomic mass is 9.94. The van der Waals surface area contributed by atoms with E-state index in [0.717, 1.165) is 0 Å². The van der Waals surface area contributed by atoms with Crippen molar-refractivity contribution in [3.8, 4) is 11.5 Å². The Hall–Kier alpha value is -4.13. The number of anilines is 1. The molecule has 0 unspecified atom stereocenters. The summed E-state index contributed by atoms with van der Waals surface area (Å²) in [6, 6.07) is 17.7. The first-order valence-electron chi connectivity index (χ1n) is 10.4. The number of carbonyl (C=O) groups is 2. The summed E-state index contributed by atoms with van der Waals surface area (Å²) in [5, 5.41) is 11.1. The second kappa shape index (κ2) is 9.16. The van der Waals surface area contributed by atoms with Gasteiger partial charge in [-0.05, 0) is 61.5 Å². The summed E-state index contributed by atoms with van der Waals surface area (Å²) < 4.78 is 25.5. The van der Waals surface area contributed by atoms with E-state index in [-0.39, 0.29) is 16.9 Å². The van der Waals surface area contributed by atoms with E-state index in [2.05, 4.69) is 0 Å². The van der Waals surface area contributed by atoms with E-state index in [0.29, 0.717) is 29.4 Å². The zero-order valence-electron chi connectivity index (χ0n) is 18.1. The van der Waals surface area contributed by atoms with Crippen LogP contribution in [0.4, 0.5) is 10.1 Å².